The Morgan fingerprint density at radius 1 is 0.889 bits per heavy atom. The first-order chi connectivity index (χ1) is 8.92. The molecule has 0 aliphatic carbocycles. The minimum atomic E-state index is -0.846. The van der Waals surface area contributed by atoms with Crippen molar-refractivity contribution in [2.24, 2.45) is 0 Å². The minimum Gasteiger partial charge on any atom is -0.341 e. The molecule has 92 valence electrons. The van der Waals surface area contributed by atoms with Crippen LogP contribution in [-0.4, -0.2) is 18.2 Å². The highest BCUT2D eigenvalue weighted by Gasteiger charge is 2.39. The van der Waals surface area contributed by atoms with Gasteiger partial charge in [0.2, 0.25) is 5.79 Å². The molecule has 3 rings (SSSR count). The van der Waals surface area contributed by atoms with Gasteiger partial charge in [-0.25, -0.2) is 0 Å². The number of nitrogens with zero attached hydrogens (tertiary/aromatic N) is 1. The van der Waals surface area contributed by atoms with Crippen LogP contribution in [0.25, 0.3) is 0 Å². The van der Waals surface area contributed by atoms with E-state index in [0.29, 0.717) is 13.2 Å². The highest BCUT2D eigenvalue weighted by Crippen LogP contribution is 2.36. The molecule has 0 bridgehead atoms. The van der Waals surface area contributed by atoms with Gasteiger partial charge in [0, 0.05) is 11.8 Å². The summed E-state index contributed by atoms with van der Waals surface area (Å²) in [5.41, 5.74) is 1.79. The summed E-state index contributed by atoms with van der Waals surface area (Å²) < 4.78 is 11.9. The number of pyridine rings is 1. The molecule has 1 aliphatic rings. The first kappa shape index (κ1) is 11.4. The normalized spacial score (nSPS) is 18.4. The van der Waals surface area contributed by atoms with Gasteiger partial charge >= 0.3 is 0 Å². The van der Waals surface area contributed by atoms with E-state index in [2.05, 4.69) is 4.98 Å². The molecule has 1 saturated heterocycles. The molecule has 0 saturated carbocycles. The van der Waals surface area contributed by atoms with Crippen LogP contribution in [0.5, 0.6) is 0 Å². The Labute approximate surface area is 106 Å². The molecule has 2 aromatic rings. The Kier molecular flexibility index (Phi) is 3.09. The van der Waals surface area contributed by atoms with Crippen molar-refractivity contribution in [1.82, 2.24) is 4.98 Å². The number of hydrogen-bond donors (Lipinski definition) is 0. The Bertz CT molecular complexity index is 451. The van der Waals surface area contributed by atoms with Gasteiger partial charge in [-0.1, -0.05) is 36.4 Å². The van der Waals surface area contributed by atoms with Crippen LogP contribution in [0.2, 0.25) is 0 Å². The molecule has 0 spiro atoms. The predicted octanol–water partition coefficient (Wildman–Crippen LogP) is 2.72. The van der Waals surface area contributed by atoms with Crippen LogP contribution in [0.3, 0.4) is 0 Å². The van der Waals surface area contributed by atoms with Crippen LogP contribution < -0.4 is 0 Å². The van der Waals surface area contributed by atoms with E-state index in [1.165, 1.54) is 0 Å². The van der Waals surface area contributed by atoms with Crippen molar-refractivity contribution >= 4 is 0 Å². The fraction of sp³-hybridized carbons (Fsp3) is 0.267. The molecule has 1 aliphatic heterocycles. The quantitative estimate of drug-likeness (QED) is 0.810. The summed E-state index contributed by atoms with van der Waals surface area (Å²) in [6, 6.07) is 15.8. The molecular weight excluding hydrogens is 226 g/mol. The summed E-state index contributed by atoms with van der Waals surface area (Å²) in [5.74, 6) is -0.846. The second-order valence-corrected chi connectivity index (χ2v) is 4.25. The fourth-order valence-corrected chi connectivity index (χ4v) is 2.21. The maximum absolute atomic E-state index is 5.95. The topological polar surface area (TPSA) is 31.4 Å². The lowest BCUT2D eigenvalue weighted by Crippen LogP contribution is -2.39. The van der Waals surface area contributed by atoms with Crippen LogP contribution in [-0.2, 0) is 15.3 Å². The SMILES string of the molecule is c1ccc(C2(c3ccccn3)OCCCO2)cc1. The zero-order valence-electron chi connectivity index (χ0n) is 10.1. The van der Waals surface area contributed by atoms with Gasteiger partial charge < -0.3 is 9.47 Å². The summed E-state index contributed by atoms with van der Waals surface area (Å²) in [6.45, 7) is 1.37. The highest BCUT2D eigenvalue weighted by atomic mass is 16.7. The Balaban J connectivity index is 2.10. The third-order valence-corrected chi connectivity index (χ3v) is 3.06. The van der Waals surface area contributed by atoms with Crippen molar-refractivity contribution in [2.75, 3.05) is 13.2 Å². The van der Waals surface area contributed by atoms with Gasteiger partial charge in [-0.05, 0) is 18.6 Å². The number of benzene rings is 1. The lowest BCUT2D eigenvalue weighted by molar-refractivity contribution is -0.251. The van der Waals surface area contributed by atoms with Crippen LogP contribution in [0, 0.1) is 0 Å². The largest absolute Gasteiger partial charge is 0.341 e. The zero-order chi connectivity index (χ0) is 12.3. The average molecular weight is 241 g/mol. The fourth-order valence-electron chi connectivity index (χ4n) is 2.21. The molecular formula is C15H15NO2. The molecule has 0 radical (unpaired) electrons. The van der Waals surface area contributed by atoms with Crippen molar-refractivity contribution in [1.29, 1.82) is 0 Å². The molecule has 3 heteroatoms. The maximum Gasteiger partial charge on any atom is 0.239 e. The predicted molar refractivity (Wildman–Crippen MR) is 68.0 cm³/mol. The van der Waals surface area contributed by atoms with Gasteiger partial charge in [-0.3, -0.25) is 4.98 Å². The first-order valence-electron chi connectivity index (χ1n) is 6.17. The third kappa shape index (κ3) is 1.92. The molecule has 1 aromatic heterocycles. The van der Waals surface area contributed by atoms with E-state index < -0.39 is 5.79 Å². The van der Waals surface area contributed by atoms with Crippen molar-refractivity contribution in [3.05, 3.63) is 66.0 Å². The van der Waals surface area contributed by atoms with Crippen molar-refractivity contribution in [2.45, 2.75) is 12.2 Å². The molecule has 0 N–H and O–H groups in total. The molecule has 1 aromatic carbocycles. The van der Waals surface area contributed by atoms with E-state index in [4.69, 9.17) is 9.47 Å². The molecule has 0 amide bonds. The number of hydrogen-bond acceptors (Lipinski definition) is 3. The molecule has 3 nitrogen and oxygen atoms in total. The minimum absolute atomic E-state index is 0.686. The number of rotatable bonds is 2. The summed E-state index contributed by atoms with van der Waals surface area (Å²) >= 11 is 0. The molecule has 18 heavy (non-hydrogen) atoms. The Morgan fingerprint density at radius 3 is 2.28 bits per heavy atom. The lowest BCUT2D eigenvalue weighted by atomic mass is 10.0. The smallest absolute Gasteiger partial charge is 0.239 e. The van der Waals surface area contributed by atoms with Gasteiger partial charge in [0.15, 0.2) is 0 Å². The van der Waals surface area contributed by atoms with Crippen LogP contribution in [0.4, 0.5) is 0 Å². The lowest BCUT2D eigenvalue weighted by Gasteiger charge is -2.36. The second-order valence-electron chi connectivity index (χ2n) is 4.25. The Morgan fingerprint density at radius 2 is 1.61 bits per heavy atom. The van der Waals surface area contributed by atoms with Gasteiger partial charge in [-0.2, -0.15) is 0 Å². The van der Waals surface area contributed by atoms with Crippen LogP contribution >= 0.6 is 0 Å². The molecule has 0 atom stereocenters. The van der Waals surface area contributed by atoms with Crippen LogP contribution in [0.15, 0.2) is 54.7 Å². The van der Waals surface area contributed by atoms with E-state index in [-0.39, 0.29) is 0 Å². The van der Waals surface area contributed by atoms with Gasteiger partial charge in [0.05, 0.1) is 13.2 Å². The maximum atomic E-state index is 5.95. The van der Waals surface area contributed by atoms with E-state index in [1.54, 1.807) is 6.20 Å². The average Bonchev–Trinajstić information content (AvgIpc) is 2.50. The summed E-state index contributed by atoms with van der Waals surface area (Å²) in [5, 5.41) is 0. The van der Waals surface area contributed by atoms with Gasteiger partial charge in [-0.15, -0.1) is 0 Å². The van der Waals surface area contributed by atoms with Crippen molar-refractivity contribution < 1.29 is 9.47 Å². The van der Waals surface area contributed by atoms with E-state index in [0.717, 1.165) is 17.7 Å². The molecule has 1 fully saturated rings. The van der Waals surface area contributed by atoms with Gasteiger partial charge in [0.25, 0.3) is 0 Å². The highest BCUT2D eigenvalue weighted by molar-refractivity contribution is 5.30. The van der Waals surface area contributed by atoms with E-state index >= 15 is 0 Å². The van der Waals surface area contributed by atoms with Crippen molar-refractivity contribution in [3.63, 3.8) is 0 Å². The Hall–Kier alpha value is -1.71. The number of aromatic nitrogens is 1. The van der Waals surface area contributed by atoms with E-state index in [9.17, 15) is 0 Å². The zero-order valence-corrected chi connectivity index (χ0v) is 10.1. The standard InChI is InChI=1S/C15H15NO2/c1-2-7-13(8-3-1)15(17-11-6-12-18-15)14-9-4-5-10-16-14/h1-5,7-10H,6,11-12H2. The molecule has 2 heterocycles. The third-order valence-electron chi connectivity index (χ3n) is 3.06. The monoisotopic (exact) mass is 241 g/mol. The van der Waals surface area contributed by atoms with Gasteiger partial charge in [0.1, 0.15) is 5.69 Å². The number of ether oxygens (including phenoxy) is 2. The first-order valence-corrected chi connectivity index (χ1v) is 6.17. The van der Waals surface area contributed by atoms with Crippen molar-refractivity contribution in [3.8, 4) is 0 Å². The summed E-state index contributed by atoms with van der Waals surface area (Å²) in [7, 11) is 0. The van der Waals surface area contributed by atoms with E-state index in [1.807, 2.05) is 48.5 Å². The second kappa shape index (κ2) is 4.88. The van der Waals surface area contributed by atoms with Crippen LogP contribution in [0.1, 0.15) is 17.7 Å². The summed E-state index contributed by atoms with van der Waals surface area (Å²) in [4.78, 5) is 4.40. The molecule has 0 unspecified atom stereocenters. The summed E-state index contributed by atoms with van der Waals surface area (Å²) in [6.07, 6.45) is 2.68.